The molecule has 3 aromatic carbocycles. The Morgan fingerprint density at radius 2 is 1.09 bits per heavy atom. The molecule has 2 heterocycles. The first kappa shape index (κ1) is 22.8. The van der Waals surface area contributed by atoms with E-state index in [-0.39, 0.29) is 6.04 Å². The molecule has 0 aliphatic carbocycles. The van der Waals surface area contributed by atoms with Gasteiger partial charge in [0.1, 0.15) is 5.71 Å². The topological polar surface area (TPSA) is 38.1 Å². The van der Waals surface area contributed by atoms with E-state index in [1.165, 1.54) is 21.5 Å². The molecule has 5 aromatic rings. The van der Waals surface area contributed by atoms with Crippen molar-refractivity contribution < 1.29 is 0 Å². The van der Waals surface area contributed by atoms with Gasteiger partial charge < -0.3 is 0 Å². The third-order valence-electron chi connectivity index (χ3n) is 5.79. The van der Waals surface area contributed by atoms with Crippen LogP contribution in [0.1, 0.15) is 29.9 Å². The van der Waals surface area contributed by atoms with Gasteiger partial charge in [0.2, 0.25) is 0 Å². The summed E-state index contributed by atoms with van der Waals surface area (Å²) in [4.78, 5) is 14.4. The van der Waals surface area contributed by atoms with Crippen molar-refractivity contribution in [2.45, 2.75) is 13.0 Å². The van der Waals surface area contributed by atoms with Crippen LogP contribution in [0.2, 0.25) is 0 Å². The first-order valence-electron chi connectivity index (χ1n) is 11.7. The molecule has 0 radical (unpaired) electrons. The molecule has 0 aliphatic heterocycles. The van der Waals surface area contributed by atoms with Gasteiger partial charge in [0, 0.05) is 12.4 Å². The molecule has 170 valence electrons. The summed E-state index contributed by atoms with van der Waals surface area (Å²) in [7, 11) is -0.733. The Balaban J connectivity index is 1.64. The van der Waals surface area contributed by atoms with E-state index in [4.69, 9.17) is 4.99 Å². The molecular formula is C31H26N3P. The molecule has 35 heavy (non-hydrogen) atoms. The molecule has 0 bridgehead atoms. The lowest BCUT2D eigenvalue weighted by Crippen LogP contribution is -2.24. The van der Waals surface area contributed by atoms with Crippen LogP contribution in [0, 0.1) is 0 Å². The molecule has 5 rings (SSSR count). The van der Waals surface area contributed by atoms with Gasteiger partial charge in [0.15, 0.2) is 0 Å². The second-order valence-electron chi connectivity index (χ2n) is 8.15. The van der Waals surface area contributed by atoms with Gasteiger partial charge >= 0.3 is 0 Å². The standard InChI is InChI=1S/C31H26N3P/c1-24(34-31(28-19-10-12-22-32-28)29-20-11-13-23-33-29)27-18-8-9-21-30(27)35(25-14-4-2-5-15-25)26-16-6-3-7-17-26/h2-24H,1H3/t24-/m0/s1. The van der Waals surface area contributed by atoms with Crippen LogP contribution >= 0.6 is 7.92 Å². The van der Waals surface area contributed by atoms with Gasteiger partial charge in [0.05, 0.1) is 17.4 Å². The summed E-state index contributed by atoms with van der Waals surface area (Å²) in [5.41, 5.74) is 3.67. The fraction of sp³-hybridized carbons (Fsp3) is 0.0645. The molecule has 0 aliphatic rings. The number of hydrogen-bond acceptors (Lipinski definition) is 3. The molecule has 0 saturated heterocycles. The minimum atomic E-state index is -0.733. The molecule has 0 unspecified atom stereocenters. The fourth-order valence-electron chi connectivity index (χ4n) is 4.16. The van der Waals surface area contributed by atoms with Crippen LogP contribution in [0.15, 0.2) is 139 Å². The minimum absolute atomic E-state index is 0.0809. The first-order valence-corrected chi connectivity index (χ1v) is 13.0. The number of rotatable bonds is 7. The van der Waals surface area contributed by atoms with Gasteiger partial charge in [-0.3, -0.25) is 15.0 Å². The third kappa shape index (κ3) is 5.26. The third-order valence-corrected chi connectivity index (χ3v) is 8.31. The van der Waals surface area contributed by atoms with Crippen LogP contribution in [-0.4, -0.2) is 15.7 Å². The van der Waals surface area contributed by atoms with E-state index in [9.17, 15) is 0 Å². The Kier molecular flexibility index (Phi) is 7.17. The summed E-state index contributed by atoms with van der Waals surface area (Å²) in [6.07, 6.45) is 3.60. The maximum Gasteiger partial charge on any atom is 0.109 e. The maximum atomic E-state index is 5.22. The highest BCUT2D eigenvalue weighted by Gasteiger charge is 2.22. The SMILES string of the molecule is C[C@H](N=C(c1ccccn1)c1ccccn1)c1ccccc1P(c1ccccc1)c1ccccc1. The summed E-state index contributed by atoms with van der Waals surface area (Å²) in [5, 5.41) is 3.97. The van der Waals surface area contributed by atoms with E-state index in [0.29, 0.717) is 0 Å². The summed E-state index contributed by atoms with van der Waals surface area (Å²) in [5.74, 6) is 0. The zero-order chi connectivity index (χ0) is 23.9. The van der Waals surface area contributed by atoms with Crippen LogP contribution in [0.25, 0.3) is 0 Å². The van der Waals surface area contributed by atoms with Gasteiger partial charge in [-0.05, 0) is 60.6 Å². The average molecular weight is 472 g/mol. The Hall–Kier alpha value is -3.94. The molecule has 0 spiro atoms. The van der Waals surface area contributed by atoms with E-state index in [2.05, 4.69) is 102 Å². The van der Waals surface area contributed by atoms with Gasteiger partial charge in [0.25, 0.3) is 0 Å². The van der Waals surface area contributed by atoms with Gasteiger partial charge in [-0.2, -0.15) is 0 Å². The molecular weight excluding hydrogens is 445 g/mol. The molecule has 3 nitrogen and oxygen atoms in total. The van der Waals surface area contributed by atoms with E-state index < -0.39 is 7.92 Å². The lowest BCUT2D eigenvalue weighted by atomic mass is 10.1. The average Bonchev–Trinajstić information content (AvgIpc) is 2.94. The molecule has 0 N–H and O–H groups in total. The fourth-order valence-corrected chi connectivity index (χ4v) is 6.71. The highest BCUT2D eigenvalue weighted by atomic mass is 31.1. The maximum absolute atomic E-state index is 5.22. The summed E-state index contributed by atoms with van der Waals surface area (Å²) >= 11 is 0. The predicted octanol–water partition coefficient (Wildman–Crippen LogP) is 5.83. The highest BCUT2D eigenvalue weighted by Crippen LogP contribution is 2.36. The number of nitrogens with zero attached hydrogens (tertiary/aromatic N) is 3. The van der Waals surface area contributed by atoms with Crippen LogP contribution in [0.3, 0.4) is 0 Å². The van der Waals surface area contributed by atoms with Crippen molar-refractivity contribution in [2.24, 2.45) is 4.99 Å². The Morgan fingerprint density at radius 1 is 0.600 bits per heavy atom. The van der Waals surface area contributed by atoms with Crippen molar-refractivity contribution in [1.82, 2.24) is 9.97 Å². The van der Waals surface area contributed by atoms with Crippen molar-refractivity contribution >= 4 is 29.5 Å². The molecule has 1 atom stereocenters. The summed E-state index contributed by atoms with van der Waals surface area (Å²) < 4.78 is 0. The van der Waals surface area contributed by atoms with Crippen molar-refractivity contribution in [2.75, 3.05) is 0 Å². The zero-order valence-electron chi connectivity index (χ0n) is 19.6. The monoisotopic (exact) mass is 471 g/mol. The number of aromatic nitrogens is 2. The molecule has 0 saturated carbocycles. The molecule has 0 amide bonds. The number of hydrogen-bond donors (Lipinski definition) is 0. The Morgan fingerprint density at radius 3 is 1.60 bits per heavy atom. The quantitative estimate of drug-likeness (QED) is 0.221. The van der Waals surface area contributed by atoms with E-state index >= 15 is 0 Å². The minimum Gasteiger partial charge on any atom is -0.273 e. The van der Waals surface area contributed by atoms with Crippen molar-refractivity contribution in [1.29, 1.82) is 0 Å². The smallest absolute Gasteiger partial charge is 0.109 e. The van der Waals surface area contributed by atoms with Gasteiger partial charge in [-0.25, -0.2) is 0 Å². The molecule has 0 fully saturated rings. The lowest BCUT2D eigenvalue weighted by molar-refractivity contribution is 0.825. The lowest BCUT2D eigenvalue weighted by Gasteiger charge is -2.24. The van der Waals surface area contributed by atoms with E-state index in [1.807, 2.05) is 36.4 Å². The van der Waals surface area contributed by atoms with Crippen molar-refractivity contribution in [3.63, 3.8) is 0 Å². The summed E-state index contributed by atoms with van der Waals surface area (Å²) in [6, 6.07) is 42.0. The molecule has 4 heteroatoms. The number of benzene rings is 3. The Labute approximate surface area is 208 Å². The first-order chi connectivity index (χ1) is 17.3. The largest absolute Gasteiger partial charge is 0.273 e. The van der Waals surface area contributed by atoms with Crippen LogP contribution in [0.5, 0.6) is 0 Å². The zero-order valence-corrected chi connectivity index (χ0v) is 20.5. The second kappa shape index (κ2) is 11.0. The Bertz CT molecular complexity index is 1310. The highest BCUT2D eigenvalue weighted by molar-refractivity contribution is 7.79. The van der Waals surface area contributed by atoms with Crippen molar-refractivity contribution in [3.05, 3.63) is 151 Å². The van der Waals surface area contributed by atoms with Gasteiger partial charge in [-0.1, -0.05) is 97.1 Å². The van der Waals surface area contributed by atoms with Crippen LogP contribution < -0.4 is 15.9 Å². The second-order valence-corrected chi connectivity index (χ2v) is 10.3. The van der Waals surface area contributed by atoms with Crippen LogP contribution in [0.4, 0.5) is 0 Å². The predicted molar refractivity (Wildman–Crippen MR) is 148 cm³/mol. The summed E-state index contributed by atoms with van der Waals surface area (Å²) in [6.45, 7) is 2.16. The van der Waals surface area contributed by atoms with E-state index in [1.54, 1.807) is 12.4 Å². The van der Waals surface area contributed by atoms with Crippen LogP contribution in [-0.2, 0) is 0 Å². The van der Waals surface area contributed by atoms with Gasteiger partial charge in [-0.15, -0.1) is 0 Å². The van der Waals surface area contributed by atoms with Crippen molar-refractivity contribution in [3.8, 4) is 0 Å². The normalized spacial score (nSPS) is 11.7. The molecule has 2 aromatic heterocycles. The number of aliphatic imine (C=N–C) groups is 1. The van der Waals surface area contributed by atoms with E-state index in [0.717, 1.165) is 17.1 Å². The number of pyridine rings is 2.